The normalized spacial score (nSPS) is 15.9. The summed E-state index contributed by atoms with van der Waals surface area (Å²) >= 11 is 1.71. The highest BCUT2D eigenvalue weighted by molar-refractivity contribution is 7.09. The van der Waals surface area contributed by atoms with Crippen LogP contribution in [0.3, 0.4) is 0 Å². The minimum absolute atomic E-state index is 0.118. The molecule has 134 valence electrons. The molecule has 4 nitrogen and oxygen atoms in total. The topological polar surface area (TPSA) is 41.6 Å². The predicted octanol–water partition coefficient (Wildman–Crippen LogP) is 3.64. The number of para-hydroxylation sites is 1. The van der Waals surface area contributed by atoms with Gasteiger partial charge in [0.25, 0.3) is 0 Å². The molecule has 1 aromatic carbocycles. The van der Waals surface area contributed by atoms with Gasteiger partial charge in [0, 0.05) is 23.4 Å². The van der Waals surface area contributed by atoms with Crippen LogP contribution in [0.4, 0.5) is 0 Å². The van der Waals surface area contributed by atoms with Gasteiger partial charge in [-0.15, -0.1) is 11.3 Å². The van der Waals surface area contributed by atoms with E-state index in [9.17, 15) is 4.79 Å². The van der Waals surface area contributed by atoms with Crippen molar-refractivity contribution in [2.75, 3.05) is 26.7 Å². The van der Waals surface area contributed by atoms with Gasteiger partial charge in [-0.2, -0.15) is 0 Å². The third-order valence-corrected chi connectivity index (χ3v) is 5.69. The lowest BCUT2D eigenvalue weighted by molar-refractivity contribution is -0.121. The van der Waals surface area contributed by atoms with Gasteiger partial charge in [-0.3, -0.25) is 9.69 Å². The van der Waals surface area contributed by atoms with E-state index in [0.717, 1.165) is 30.8 Å². The van der Waals surface area contributed by atoms with Crippen LogP contribution in [0.25, 0.3) is 0 Å². The Balaban J connectivity index is 1.62. The molecule has 1 saturated heterocycles. The zero-order valence-electron chi connectivity index (χ0n) is 14.7. The SMILES string of the molecule is COc1ccccc1C(CNC(=O)CCc1cccs1)N1CCCC1. The second-order valence-corrected chi connectivity index (χ2v) is 7.42. The molecule has 5 heteroatoms. The Bertz CT molecular complexity index is 666. The summed E-state index contributed by atoms with van der Waals surface area (Å²) in [4.78, 5) is 16.0. The van der Waals surface area contributed by atoms with Crippen LogP contribution in [0.1, 0.15) is 35.7 Å². The number of likely N-dealkylation sites (tertiary alicyclic amines) is 1. The van der Waals surface area contributed by atoms with E-state index in [2.05, 4.69) is 27.7 Å². The Kier molecular flexibility index (Phi) is 6.48. The molecule has 2 heterocycles. The lowest BCUT2D eigenvalue weighted by Gasteiger charge is -2.29. The number of aryl methyl sites for hydroxylation is 1. The van der Waals surface area contributed by atoms with Crippen molar-refractivity contribution in [2.24, 2.45) is 0 Å². The highest BCUT2D eigenvalue weighted by atomic mass is 32.1. The first kappa shape index (κ1) is 18.0. The molecular formula is C20H26N2O2S. The fourth-order valence-electron chi connectivity index (χ4n) is 3.42. The third kappa shape index (κ3) is 4.83. The summed E-state index contributed by atoms with van der Waals surface area (Å²) in [6.45, 7) is 2.78. The Labute approximate surface area is 153 Å². The smallest absolute Gasteiger partial charge is 0.220 e. The van der Waals surface area contributed by atoms with Crippen LogP contribution >= 0.6 is 11.3 Å². The number of hydrogen-bond acceptors (Lipinski definition) is 4. The van der Waals surface area contributed by atoms with E-state index in [1.54, 1.807) is 18.4 Å². The molecule has 0 aliphatic carbocycles. The zero-order valence-corrected chi connectivity index (χ0v) is 15.6. The highest BCUT2D eigenvalue weighted by Crippen LogP contribution is 2.31. The molecule has 0 bridgehead atoms. The maximum absolute atomic E-state index is 12.3. The number of thiophene rings is 1. The summed E-state index contributed by atoms with van der Waals surface area (Å²) in [7, 11) is 1.71. The van der Waals surface area contributed by atoms with Crippen LogP contribution in [0.5, 0.6) is 5.75 Å². The Hall–Kier alpha value is -1.85. The maximum atomic E-state index is 12.3. The second kappa shape index (κ2) is 9.02. The van der Waals surface area contributed by atoms with Gasteiger partial charge in [-0.25, -0.2) is 0 Å². The summed E-state index contributed by atoms with van der Waals surface area (Å²) in [5.41, 5.74) is 1.16. The van der Waals surface area contributed by atoms with Gasteiger partial charge >= 0.3 is 0 Å². The van der Waals surface area contributed by atoms with Crippen LogP contribution in [0.15, 0.2) is 41.8 Å². The lowest BCUT2D eigenvalue weighted by atomic mass is 10.0. The first-order valence-corrected chi connectivity index (χ1v) is 9.82. The van der Waals surface area contributed by atoms with E-state index in [1.165, 1.54) is 17.7 Å². The minimum atomic E-state index is 0.118. The molecular weight excluding hydrogens is 332 g/mol. The largest absolute Gasteiger partial charge is 0.496 e. The monoisotopic (exact) mass is 358 g/mol. The molecule has 25 heavy (non-hydrogen) atoms. The van der Waals surface area contributed by atoms with Crippen LogP contribution in [0.2, 0.25) is 0 Å². The van der Waals surface area contributed by atoms with Crippen LogP contribution in [0, 0.1) is 0 Å². The number of methoxy groups -OCH3 is 1. The average Bonchev–Trinajstić information content (AvgIpc) is 3.34. The number of nitrogens with zero attached hydrogens (tertiary/aromatic N) is 1. The lowest BCUT2D eigenvalue weighted by Crippen LogP contribution is -2.37. The third-order valence-electron chi connectivity index (χ3n) is 4.75. The van der Waals surface area contributed by atoms with Crippen LogP contribution in [-0.2, 0) is 11.2 Å². The molecule has 1 aromatic heterocycles. The van der Waals surface area contributed by atoms with Crippen molar-refractivity contribution in [3.05, 3.63) is 52.2 Å². The van der Waals surface area contributed by atoms with Gasteiger partial charge in [0.05, 0.1) is 13.2 Å². The number of hydrogen-bond donors (Lipinski definition) is 1. The number of amides is 1. The molecule has 2 aromatic rings. The van der Waals surface area contributed by atoms with Crippen molar-refractivity contribution in [2.45, 2.75) is 31.7 Å². The minimum Gasteiger partial charge on any atom is -0.496 e. The fourth-order valence-corrected chi connectivity index (χ4v) is 4.13. The number of carbonyl (C=O) groups is 1. The fraction of sp³-hybridized carbons (Fsp3) is 0.450. The molecule has 0 saturated carbocycles. The van der Waals surface area contributed by atoms with Crippen molar-refractivity contribution in [1.29, 1.82) is 0 Å². The quantitative estimate of drug-likeness (QED) is 0.783. The Morgan fingerprint density at radius 2 is 2.04 bits per heavy atom. The molecule has 1 N–H and O–H groups in total. The molecule has 1 aliphatic heterocycles. The summed E-state index contributed by atoms with van der Waals surface area (Å²) in [5.74, 6) is 1.01. The van der Waals surface area contributed by atoms with Crippen LogP contribution < -0.4 is 10.1 Å². The Morgan fingerprint density at radius 3 is 2.76 bits per heavy atom. The molecule has 1 atom stereocenters. The second-order valence-electron chi connectivity index (χ2n) is 6.38. The number of carbonyl (C=O) groups excluding carboxylic acids is 1. The van der Waals surface area contributed by atoms with Gasteiger partial charge in [-0.1, -0.05) is 24.3 Å². The van der Waals surface area contributed by atoms with Gasteiger partial charge in [0.1, 0.15) is 5.75 Å². The van der Waals surface area contributed by atoms with E-state index in [0.29, 0.717) is 13.0 Å². The predicted molar refractivity (Wildman–Crippen MR) is 102 cm³/mol. The summed E-state index contributed by atoms with van der Waals surface area (Å²) in [6, 6.07) is 12.4. The molecule has 0 radical (unpaired) electrons. The summed E-state index contributed by atoms with van der Waals surface area (Å²) in [6.07, 6.45) is 3.79. The molecule has 1 fully saturated rings. The standard InChI is InChI=1S/C20H26N2O2S/c1-24-19-9-3-2-8-17(19)18(22-12-4-5-13-22)15-21-20(23)11-10-16-7-6-14-25-16/h2-3,6-9,14,18H,4-5,10-13,15H2,1H3,(H,21,23). The maximum Gasteiger partial charge on any atom is 0.220 e. The number of rotatable bonds is 8. The average molecular weight is 359 g/mol. The molecule has 3 rings (SSSR count). The van der Waals surface area contributed by atoms with Crippen molar-refractivity contribution in [3.63, 3.8) is 0 Å². The molecule has 1 aliphatic rings. The van der Waals surface area contributed by atoms with E-state index in [4.69, 9.17) is 4.74 Å². The van der Waals surface area contributed by atoms with Crippen molar-refractivity contribution >= 4 is 17.2 Å². The van der Waals surface area contributed by atoms with Gasteiger partial charge in [-0.05, 0) is 49.9 Å². The Morgan fingerprint density at radius 1 is 1.24 bits per heavy atom. The van der Waals surface area contributed by atoms with E-state index in [1.807, 2.05) is 24.3 Å². The molecule has 1 unspecified atom stereocenters. The van der Waals surface area contributed by atoms with E-state index >= 15 is 0 Å². The van der Waals surface area contributed by atoms with Gasteiger partial charge in [0.2, 0.25) is 5.91 Å². The van der Waals surface area contributed by atoms with Crippen molar-refractivity contribution in [1.82, 2.24) is 10.2 Å². The summed E-state index contributed by atoms with van der Waals surface area (Å²) < 4.78 is 5.55. The number of ether oxygens (including phenoxy) is 1. The number of nitrogens with one attached hydrogen (secondary N) is 1. The van der Waals surface area contributed by atoms with Crippen molar-refractivity contribution < 1.29 is 9.53 Å². The molecule has 1 amide bonds. The van der Waals surface area contributed by atoms with E-state index in [-0.39, 0.29) is 11.9 Å². The zero-order chi connectivity index (χ0) is 17.5. The summed E-state index contributed by atoms with van der Waals surface area (Å²) in [5, 5.41) is 5.19. The van der Waals surface area contributed by atoms with Crippen LogP contribution in [-0.4, -0.2) is 37.6 Å². The molecule has 0 spiro atoms. The van der Waals surface area contributed by atoms with Crippen molar-refractivity contribution in [3.8, 4) is 5.75 Å². The van der Waals surface area contributed by atoms with Gasteiger partial charge < -0.3 is 10.1 Å². The van der Waals surface area contributed by atoms with E-state index < -0.39 is 0 Å². The highest BCUT2D eigenvalue weighted by Gasteiger charge is 2.26. The first-order chi connectivity index (χ1) is 12.3. The first-order valence-electron chi connectivity index (χ1n) is 8.94. The number of benzene rings is 1. The van der Waals surface area contributed by atoms with Gasteiger partial charge in [0.15, 0.2) is 0 Å².